The Morgan fingerprint density at radius 3 is 2.38 bits per heavy atom. The van der Waals surface area contributed by atoms with Gasteiger partial charge in [0.05, 0.1) is 10.5 Å². The molecule has 6 nitrogen and oxygen atoms in total. The van der Waals surface area contributed by atoms with Crippen LogP contribution in [0.3, 0.4) is 0 Å². The van der Waals surface area contributed by atoms with E-state index in [1.807, 2.05) is 26.8 Å². The first-order valence-corrected chi connectivity index (χ1v) is 6.92. The van der Waals surface area contributed by atoms with Gasteiger partial charge < -0.3 is 0 Å². The van der Waals surface area contributed by atoms with E-state index in [9.17, 15) is 10.1 Å². The van der Waals surface area contributed by atoms with Crippen LogP contribution in [0.5, 0.6) is 0 Å². The Morgan fingerprint density at radius 1 is 1.24 bits per heavy atom. The molecule has 0 saturated carbocycles. The van der Waals surface area contributed by atoms with Gasteiger partial charge in [-0.25, -0.2) is 9.97 Å². The lowest BCUT2D eigenvalue weighted by atomic mass is 10.2. The van der Waals surface area contributed by atoms with Gasteiger partial charge in [-0.3, -0.25) is 10.1 Å². The Hall–Kier alpha value is -2.46. The number of aromatic nitrogens is 2. The van der Waals surface area contributed by atoms with Crippen molar-refractivity contribution in [3.8, 4) is 6.07 Å². The molecule has 0 aliphatic rings. The zero-order valence-corrected chi connectivity index (χ0v) is 12.6. The van der Waals surface area contributed by atoms with E-state index in [0.717, 1.165) is 17.0 Å². The molecule has 0 amide bonds. The number of rotatable bonds is 3. The smallest absolute Gasteiger partial charge is 0.258 e. The predicted molar refractivity (Wildman–Crippen MR) is 78.2 cm³/mol. The summed E-state index contributed by atoms with van der Waals surface area (Å²) in [6.45, 7) is 5.75. The van der Waals surface area contributed by atoms with Crippen molar-refractivity contribution in [2.45, 2.75) is 30.8 Å². The number of hydrogen-bond donors (Lipinski definition) is 0. The Balaban J connectivity index is 2.40. The summed E-state index contributed by atoms with van der Waals surface area (Å²) in [4.78, 5) is 19.6. The SMILES string of the molecule is Cc1nc(Sc2ccc([N+](=O)[O-])cc2C#N)nc(C)c1C. The molecule has 1 aromatic carbocycles. The van der Waals surface area contributed by atoms with E-state index in [1.54, 1.807) is 6.07 Å². The van der Waals surface area contributed by atoms with Gasteiger partial charge in [-0.05, 0) is 44.2 Å². The fraction of sp³-hybridized carbons (Fsp3) is 0.214. The van der Waals surface area contributed by atoms with E-state index in [0.29, 0.717) is 10.1 Å². The summed E-state index contributed by atoms with van der Waals surface area (Å²) in [6.07, 6.45) is 0. The van der Waals surface area contributed by atoms with Crippen molar-refractivity contribution >= 4 is 17.4 Å². The lowest BCUT2D eigenvalue weighted by molar-refractivity contribution is -0.384. The minimum absolute atomic E-state index is 0.104. The van der Waals surface area contributed by atoms with Crippen molar-refractivity contribution in [2.24, 2.45) is 0 Å². The van der Waals surface area contributed by atoms with Gasteiger partial charge in [-0.1, -0.05) is 0 Å². The summed E-state index contributed by atoms with van der Waals surface area (Å²) in [6, 6.07) is 6.15. The van der Waals surface area contributed by atoms with E-state index in [4.69, 9.17) is 5.26 Å². The van der Waals surface area contributed by atoms with Gasteiger partial charge in [0.15, 0.2) is 5.16 Å². The van der Waals surface area contributed by atoms with Crippen LogP contribution in [0.4, 0.5) is 5.69 Å². The highest BCUT2D eigenvalue weighted by molar-refractivity contribution is 7.99. The van der Waals surface area contributed by atoms with Gasteiger partial charge >= 0.3 is 0 Å². The summed E-state index contributed by atoms with van der Waals surface area (Å²) < 4.78 is 0. The second kappa shape index (κ2) is 5.89. The highest BCUT2D eigenvalue weighted by atomic mass is 32.2. The molecule has 0 bridgehead atoms. The van der Waals surface area contributed by atoms with Crippen LogP contribution in [0, 0.1) is 42.2 Å². The first-order chi connectivity index (χ1) is 9.92. The standard InChI is InChI=1S/C14H12N4O2S/c1-8-9(2)16-14(17-10(8)3)21-13-5-4-12(18(19)20)6-11(13)7-15/h4-6H,1-3H3. The van der Waals surface area contributed by atoms with Crippen LogP contribution in [0.1, 0.15) is 22.5 Å². The van der Waals surface area contributed by atoms with E-state index < -0.39 is 4.92 Å². The lowest BCUT2D eigenvalue weighted by Gasteiger charge is -2.07. The van der Waals surface area contributed by atoms with Gasteiger partial charge in [0.1, 0.15) is 6.07 Å². The highest BCUT2D eigenvalue weighted by Crippen LogP contribution is 2.30. The summed E-state index contributed by atoms with van der Waals surface area (Å²) in [5.74, 6) is 0. The summed E-state index contributed by atoms with van der Waals surface area (Å²) in [7, 11) is 0. The maximum Gasteiger partial charge on any atom is 0.270 e. The van der Waals surface area contributed by atoms with Crippen LogP contribution in [-0.4, -0.2) is 14.9 Å². The van der Waals surface area contributed by atoms with E-state index in [-0.39, 0.29) is 11.3 Å². The Morgan fingerprint density at radius 2 is 1.86 bits per heavy atom. The molecule has 0 spiro atoms. The monoisotopic (exact) mass is 300 g/mol. The Kier molecular flexibility index (Phi) is 4.19. The van der Waals surface area contributed by atoms with Crippen molar-refractivity contribution in [2.75, 3.05) is 0 Å². The Labute approximate surface area is 126 Å². The lowest BCUT2D eigenvalue weighted by Crippen LogP contribution is -1.98. The molecule has 0 N–H and O–H groups in total. The largest absolute Gasteiger partial charge is 0.270 e. The second-order valence-electron chi connectivity index (χ2n) is 4.45. The molecular weight excluding hydrogens is 288 g/mol. The molecule has 1 aromatic heterocycles. The van der Waals surface area contributed by atoms with Crippen molar-refractivity contribution in [1.29, 1.82) is 5.26 Å². The predicted octanol–water partition coefficient (Wildman–Crippen LogP) is 3.33. The number of non-ortho nitro benzene ring substituents is 1. The van der Waals surface area contributed by atoms with E-state index in [2.05, 4.69) is 9.97 Å². The third-order valence-electron chi connectivity index (χ3n) is 3.11. The molecule has 0 aliphatic carbocycles. The molecule has 2 rings (SSSR count). The van der Waals surface area contributed by atoms with Crippen LogP contribution in [0.25, 0.3) is 0 Å². The fourth-order valence-corrected chi connectivity index (χ4v) is 2.61. The first kappa shape index (κ1) is 14.9. The number of nitro groups is 1. The van der Waals surface area contributed by atoms with Crippen LogP contribution >= 0.6 is 11.8 Å². The maximum absolute atomic E-state index is 10.7. The molecule has 0 atom stereocenters. The fourth-order valence-electron chi connectivity index (χ4n) is 1.69. The molecule has 1 heterocycles. The molecule has 0 radical (unpaired) electrons. The van der Waals surface area contributed by atoms with Gasteiger partial charge in [0, 0.05) is 28.4 Å². The molecule has 2 aromatic rings. The number of hydrogen-bond acceptors (Lipinski definition) is 6. The number of benzene rings is 1. The van der Waals surface area contributed by atoms with Crippen molar-refractivity contribution in [3.63, 3.8) is 0 Å². The quantitative estimate of drug-likeness (QED) is 0.490. The van der Waals surface area contributed by atoms with Gasteiger partial charge in [-0.2, -0.15) is 5.26 Å². The van der Waals surface area contributed by atoms with Crippen molar-refractivity contribution in [3.05, 3.63) is 50.8 Å². The minimum Gasteiger partial charge on any atom is -0.258 e. The summed E-state index contributed by atoms with van der Waals surface area (Å²) in [5.41, 5.74) is 2.93. The van der Waals surface area contributed by atoms with Crippen molar-refractivity contribution in [1.82, 2.24) is 9.97 Å². The second-order valence-corrected chi connectivity index (χ2v) is 5.46. The molecule has 0 saturated heterocycles. The molecule has 0 fully saturated rings. The summed E-state index contributed by atoms with van der Waals surface area (Å²) in [5, 5.41) is 20.4. The molecular formula is C14H12N4O2S. The molecule has 21 heavy (non-hydrogen) atoms. The third-order valence-corrected chi connectivity index (χ3v) is 4.05. The summed E-state index contributed by atoms with van der Waals surface area (Å²) >= 11 is 1.23. The molecule has 0 aliphatic heterocycles. The minimum atomic E-state index is -0.522. The normalized spacial score (nSPS) is 10.2. The number of nitriles is 1. The maximum atomic E-state index is 10.7. The van der Waals surface area contributed by atoms with Gasteiger partial charge in [-0.15, -0.1) is 0 Å². The van der Waals surface area contributed by atoms with Crippen LogP contribution in [0.2, 0.25) is 0 Å². The third kappa shape index (κ3) is 3.17. The molecule has 0 unspecified atom stereocenters. The van der Waals surface area contributed by atoms with Crippen LogP contribution in [0.15, 0.2) is 28.3 Å². The topological polar surface area (TPSA) is 92.7 Å². The van der Waals surface area contributed by atoms with Gasteiger partial charge in [0.25, 0.3) is 5.69 Å². The van der Waals surface area contributed by atoms with E-state index >= 15 is 0 Å². The molecule has 106 valence electrons. The Bertz CT molecular complexity index is 745. The first-order valence-electron chi connectivity index (χ1n) is 6.10. The van der Waals surface area contributed by atoms with Crippen LogP contribution < -0.4 is 0 Å². The van der Waals surface area contributed by atoms with Crippen molar-refractivity contribution < 1.29 is 4.92 Å². The number of aryl methyl sites for hydroxylation is 2. The zero-order chi connectivity index (χ0) is 15.6. The average molecular weight is 300 g/mol. The van der Waals surface area contributed by atoms with E-state index in [1.165, 1.54) is 23.9 Å². The van der Waals surface area contributed by atoms with Gasteiger partial charge in [0.2, 0.25) is 0 Å². The highest BCUT2D eigenvalue weighted by Gasteiger charge is 2.13. The number of nitro benzene ring substituents is 1. The number of nitrogens with zero attached hydrogens (tertiary/aromatic N) is 4. The zero-order valence-electron chi connectivity index (χ0n) is 11.7. The van der Waals surface area contributed by atoms with Crippen LogP contribution in [-0.2, 0) is 0 Å². The molecule has 7 heteroatoms. The average Bonchev–Trinajstić information content (AvgIpc) is 2.44.